The SMILES string of the molecule is CN=C(NC)NCc1cccc(OC2CCCCC2)c1.I. The maximum atomic E-state index is 6.08. The summed E-state index contributed by atoms with van der Waals surface area (Å²) in [6.07, 6.45) is 6.72. The van der Waals surface area contributed by atoms with Crippen LogP contribution in [0.15, 0.2) is 29.3 Å². The number of aliphatic imine (C=N–C) groups is 1. The van der Waals surface area contributed by atoms with E-state index in [1.165, 1.54) is 37.7 Å². The second-order valence-corrected chi connectivity index (χ2v) is 5.20. The van der Waals surface area contributed by atoms with Crippen molar-refractivity contribution < 1.29 is 4.74 Å². The second-order valence-electron chi connectivity index (χ2n) is 5.20. The molecule has 2 N–H and O–H groups in total. The van der Waals surface area contributed by atoms with E-state index in [1.54, 1.807) is 7.05 Å². The van der Waals surface area contributed by atoms with E-state index in [9.17, 15) is 0 Å². The van der Waals surface area contributed by atoms with Crippen molar-refractivity contribution in [3.63, 3.8) is 0 Å². The fourth-order valence-corrected chi connectivity index (χ4v) is 2.57. The van der Waals surface area contributed by atoms with Crippen LogP contribution in [0.1, 0.15) is 37.7 Å². The molecule has 1 saturated carbocycles. The fourth-order valence-electron chi connectivity index (χ4n) is 2.57. The average molecular weight is 403 g/mol. The number of hydrogen-bond donors (Lipinski definition) is 2. The monoisotopic (exact) mass is 403 g/mol. The average Bonchev–Trinajstić information content (AvgIpc) is 2.50. The predicted molar refractivity (Wildman–Crippen MR) is 98.6 cm³/mol. The Morgan fingerprint density at radius 3 is 2.71 bits per heavy atom. The zero-order valence-corrected chi connectivity index (χ0v) is 15.2. The van der Waals surface area contributed by atoms with E-state index in [0.29, 0.717) is 6.10 Å². The van der Waals surface area contributed by atoms with Gasteiger partial charge in [-0.3, -0.25) is 4.99 Å². The normalized spacial score (nSPS) is 16.0. The number of ether oxygens (including phenoxy) is 1. The van der Waals surface area contributed by atoms with Gasteiger partial charge < -0.3 is 15.4 Å². The van der Waals surface area contributed by atoms with Crippen LogP contribution >= 0.6 is 24.0 Å². The van der Waals surface area contributed by atoms with Crippen molar-refractivity contribution in [2.24, 2.45) is 4.99 Å². The van der Waals surface area contributed by atoms with E-state index >= 15 is 0 Å². The predicted octanol–water partition coefficient (Wildman–Crippen LogP) is 3.31. The standard InChI is InChI=1S/C16H25N3O.HI/c1-17-16(18-2)19-12-13-7-6-10-15(11-13)20-14-8-4-3-5-9-14;/h6-7,10-11,14H,3-5,8-9,12H2,1-2H3,(H2,17,18,19);1H. The summed E-state index contributed by atoms with van der Waals surface area (Å²) in [7, 11) is 3.62. The summed E-state index contributed by atoms with van der Waals surface area (Å²) >= 11 is 0. The molecule has 0 aromatic heterocycles. The van der Waals surface area contributed by atoms with Crippen molar-refractivity contribution in [2.45, 2.75) is 44.8 Å². The summed E-state index contributed by atoms with van der Waals surface area (Å²) in [5.74, 6) is 1.78. The van der Waals surface area contributed by atoms with E-state index in [1.807, 2.05) is 13.1 Å². The lowest BCUT2D eigenvalue weighted by molar-refractivity contribution is 0.155. The number of nitrogens with zero attached hydrogens (tertiary/aromatic N) is 1. The lowest BCUT2D eigenvalue weighted by atomic mass is 9.98. The molecule has 0 atom stereocenters. The Balaban J connectivity index is 0.00000220. The molecule has 0 spiro atoms. The van der Waals surface area contributed by atoms with Crippen molar-refractivity contribution >= 4 is 29.9 Å². The van der Waals surface area contributed by atoms with Gasteiger partial charge in [0.05, 0.1) is 6.10 Å². The molecule has 2 rings (SSSR count). The first-order valence-corrected chi connectivity index (χ1v) is 7.46. The van der Waals surface area contributed by atoms with Crippen LogP contribution < -0.4 is 15.4 Å². The highest BCUT2D eigenvalue weighted by atomic mass is 127. The van der Waals surface area contributed by atoms with Crippen molar-refractivity contribution in [2.75, 3.05) is 14.1 Å². The maximum Gasteiger partial charge on any atom is 0.190 e. The molecule has 1 fully saturated rings. The van der Waals surface area contributed by atoms with Gasteiger partial charge in [-0.05, 0) is 43.4 Å². The fraction of sp³-hybridized carbons (Fsp3) is 0.562. The van der Waals surface area contributed by atoms with Crippen LogP contribution in [0.5, 0.6) is 5.75 Å². The summed E-state index contributed by atoms with van der Waals surface area (Å²) in [4.78, 5) is 4.10. The summed E-state index contributed by atoms with van der Waals surface area (Å²) in [5, 5.41) is 6.26. The highest BCUT2D eigenvalue weighted by Gasteiger charge is 2.14. The zero-order chi connectivity index (χ0) is 14.2. The molecule has 1 aromatic rings. The number of hydrogen-bond acceptors (Lipinski definition) is 2. The molecule has 5 heteroatoms. The quantitative estimate of drug-likeness (QED) is 0.461. The van der Waals surface area contributed by atoms with Crippen LogP contribution in [-0.4, -0.2) is 26.2 Å². The van der Waals surface area contributed by atoms with Crippen molar-refractivity contribution in [3.8, 4) is 5.75 Å². The molecular formula is C16H26IN3O. The van der Waals surface area contributed by atoms with Gasteiger partial charge in [0.25, 0.3) is 0 Å². The van der Waals surface area contributed by atoms with E-state index in [4.69, 9.17) is 4.74 Å². The van der Waals surface area contributed by atoms with E-state index in [-0.39, 0.29) is 24.0 Å². The molecule has 0 saturated heterocycles. The smallest absolute Gasteiger partial charge is 0.190 e. The third-order valence-electron chi connectivity index (χ3n) is 3.67. The number of nitrogens with one attached hydrogen (secondary N) is 2. The maximum absolute atomic E-state index is 6.08. The van der Waals surface area contributed by atoms with Crippen LogP contribution in [0.25, 0.3) is 0 Å². The van der Waals surface area contributed by atoms with Gasteiger partial charge in [0.1, 0.15) is 5.75 Å². The van der Waals surface area contributed by atoms with Gasteiger partial charge >= 0.3 is 0 Å². The molecule has 21 heavy (non-hydrogen) atoms. The van der Waals surface area contributed by atoms with Crippen molar-refractivity contribution in [1.82, 2.24) is 10.6 Å². The molecule has 0 aliphatic heterocycles. The van der Waals surface area contributed by atoms with E-state index in [2.05, 4.69) is 33.8 Å². The van der Waals surface area contributed by atoms with E-state index in [0.717, 1.165) is 18.3 Å². The first-order valence-electron chi connectivity index (χ1n) is 7.46. The molecule has 0 radical (unpaired) electrons. The first kappa shape index (κ1) is 18.1. The van der Waals surface area contributed by atoms with Gasteiger partial charge in [-0.1, -0.05) is 18.6 Å². The van der Waals surface area contributed by atoms with Crippen LogP contribution in [0.3, 0.4) is 0 Å². The zero-order valence-electron chi connectivity index (χ0n) is 12.9. The van der Waals surface area contributed by atoms with Gasteiger partial charge in [-0.2, -0.15) is 0 Å². The molecule has 0 amide bonds. The van der Waals surface area contributed by atoms with Crippen molar-refractivity contribution in [3.05, 3.63) is 29.8 Å². The Morgan fingerprint density at radius 2 is 2.05 bits per heavy atom. The Kier molecular flexibility index (Phi) is 8.49. The van der Waals surface area contributed by atoms with Gasteiger partial charge in [-0.25, -0.2) is 0 Å². The minimum atomic E-state index is 0. The van der Waals surface area contributed by atoms with Crippen LogP contribution in [-0.2, 0) is 6.54 Å². The molecule has 0 heterocycles. The number of halogens is 1. The van der Waals surface area contributed by atoms with Crippen LogP contribution in [0.2, 0.25) is 0 Å². The molecule has 0 unspecified atom stereocenters. The topological polar surface area (TPSA) is 45.7 Å². The molecule has 4 nitrogen and oxygen atoms in total. The molecular weight excluding hydrogens is 377 g/mol. The number of rotatable bonds is 4. The van der Waals surface area contributed by atoms with Crippen LogP contribution in [0, 0.1) is 0 Å². The van der Waals surface area contributed by atoms with Crippen molar-refractivity contribution in [1.29, 1.82) is 0 Å². The summed E-state index contributed by atoms with van der Waals surface area (Å²) < 4.78 is 6.08. The summed E-state index contributed by atoms with van der Waals surface area (Å²) in [6.45, 7) is 0.745. The second kappa shape index (κ2) is 9.87. The summed E-state index contributed by atoms with van der Waals surface area (Å²) in [6, 6.07) is 8.32. The van der Waals surface area contributed by atoms with Gasteiger partial charge in [0, 0.05) is 20.6 Å². The lowest BCUT2D eigenvalue weighted by Gasteiger charge is -2.23. The third-order valence-corrected chi connectivity index (χ3v) is 3.67. The number of benzene rings is 1. The van der Waals surface area contributed by atoms with Crippen LogP contribution in [0.4, 0.5) is 0 Å². The largest absolute Gasteiger partial charge is 0.490 e. The Hall–Kier alpha value is -0.980. The number of guanidine groups is 1. The molecule has 1 aliphatic rings. The minimum absolute atomic E-state index is 0. The minimum Gasteiger partial charge on any atom is -0.490 e. The highest BCUT2D eigenvalue weighted by molar-refractivity contribution is 14.0. The molecule has 118 valence electrons. The molecule has 0 bridgehead atoms. The molecule has 1 aliphatic carbocycles. The lowest BCUT2D eigenvalue weighted by Crippen LogP contribution is -2.34. The van der Waals surface area contributed by atoms with Gasteiger partial charge in [0.15, 0.2) is 5.96 Å². The first-order chi connectivity index (χ1) is 9.81. The highest BCUT2D eigenvalue weighted by Crippen LogP contribution is 2.23. The Bertz CT molecular complexity index is 445. The van der Waals surface area contributed by atoms with Gasteiger partial charge in [0.2, 0.25) is 0 Å². The van der Waals surface area contributed by atoms with Gasteiger partial charge in [-0.15, -0.1) is 24.0 Å². The summed E-state index contributed by atoms with van der Waals surface area (Å²) in [5.41, 5.74) is 1.20. The Morgan fingerprint density at radius 1 is 1.29 bits per heavy atom. The third kappa shape index (κ3) is 6.11. The molecule has 1 aromatic carbocycles. The van der Waals surface area contributed by atoms with E-state index < -0.39 is 0 Å². The Labute approximate surface area is 144 Å².